The molecular formula is C21H28N4O4. The summed E-state index contributed by atoms with van der Waals surface area (Å²) in [6, 6.07) is 8.98. The van der Waals surface area contributed by atoms with E-state index in [2.05, 4.69) is 0 Å². The number of imide groups is 1. The highest BCUT2D eigenvalue weighted by molar-refractivity contribution is 6.06. The van der Waals surface area contributed by atoms with Gasteiger partial charge in [-0.25, -0.2) is 4.79 Å². The van der Waals surface area contributed by atoms with Crippen LogP contribution in [0.5, 0.6) is 0 Å². The van der Waals surface area contributed by atoms with Crippen molar-refractivity contribution in [3.05, 3.63) is 35.9 Å². The number of aliphatic hydroxyl groups is 1. The van der Waals surface area contributed by atoms with Crippen molar-refractivity contribution in [1.29, 1.82) is 0 Å². The van der Waals surface area contributed by atoms with Crippen LogP contribution in [0.3, 0.4) is 0 Å². The van der Waals surface area contributed by atoms with E-state index in [4.69, 9.17) is 5.73 Å². The number of hydrogen-bond acceptors (Lipinski definition) is 5. The maximum Gasteiger partial charge on any atom is 0.327 e. The number of amides is 4. The average molecular weight is 400 g/mol. The van der Waals surface area contributed by atoms with E-state index in [0.29, 0.717) is 45.3 Å². The van der Waals surface area contributed by atoms with Crippen molar-refractivity contribution in [2.24, 2.45) is 11.7 Å². The van der Waals surface area contributed by atoms with E-state index in [9.17, 15) is 19.5 Å². The van der Waals surface area contributed by atoms with Gasteiger partial charge in [-0.05, 0) is 31.2 Å². The zero-order valence-electron chi connectivity index (χ0n) is 16.7. The van der Waals surface area contributed by atoms with Crippen LogP contribution in [-0.4, -0.2) is 75.5 Å². The third-order valence-corrected chi connectivity index (χ3v) is 6.75. The Hall–Kier alpha value is -2.45. The molecule has 0 bridgehead atoms. The zero-order valence-corrected chi connectivity index (χ0v) is 16.7. The molecular weight excluding hydrogens is 372 g/mol. The van der Waals surface area contributed by atoms with Crippen molar-refractivity contribution in [2.75, 3.05) is 20.1 Å². The summed E-state index contributed by atoms with van der Waals surface area (Å²) in [5, 5.41) is 9.86. The maximum absolute atomic E-state index is 13.0. The number of rotatable bonds is 3. The summed E-state index contributed by atoms with van der Waals surface area (Å²) in [6.07, 6.45) is 1.08. The number of carbonyl (C=O) groups is 3. The molecule has 0 aromatic heterocycles. The SMILES string of the molecule is CN1C(=O)N(Cc2ccccc2)C2(CCN(C(=O)[C@H]3C[C@@H](N)[C@H](O)C3)CC2)C1=O. The lowest BCUT2D eigenvalue weighted by molar-refractivity contribution is -0.143. The fraction of sp³-hybridized carbons (Fsp3) is 0.571. The highest BCUT2D eigenvalue weighted by Crippen LogP contribution is 2.38. The van der Waals surface area contributed by atoms with Crippen LogP contribution in [0.2, 0.25) is 0 Å². The van der Waals surface area contributed by atoms with Crippen molar-refractivity contribution >= 4 is 17.8 Å². The van der Waals surface area contributed by atoms with Gasteiger partial charge >= 0.3 is 6.03 Å². The van der Waals surface area contributed by atoms with Gasteiger partial charge in [0.15, 0.2) is 0 Å². The molecule has 3 fully saturated rings. The lowest BCUT2D eigenvalue weighted by Gasteiger charge is -2.42. The quantitative estimate of drug-likeness (QED) is 0.720. The third-order valence-electron chi connectivity index (χ3n) is 6.75. The fourth-order valence-electron chi connectivity index (χ4n) is 4.95. The largest absolute Gasteiger partial charge is 0.391 e. The molecule has 8 nitrogen and oxygen atoms in total. The highest BCUT2D eigenvalue weighted by Gasteiger charge is 2.57. The van der Waals surface area contributed by atoms with Crippen molar-refractivity contribution in [3.63, 3.8) is 0 Å². The molecule has 29 heavy (non-hydrogen) atoms. The van der Waals surface area contributed by atoms with E-state index >= 15 is 0 Å². The Morgan fingerprint density at radius 3 is 2.41 bits per heavy atom. The topological polar surface area (TPSA) is 107 Å². The summed E-state index contributed by atoms with van der Waals surface area (Å²) in [5.74, 6) is -0.464. The molecule has 1 aliphatic carbocycles. The molecule has 1 spiro atoms. The van der Waals surface area contributed by atoms with Gasteiger partial charge in [0.1, 0.15) is 5.54 Å². The number of nitrogens with two attached hydrogens (primary N) is 1. The van der Waals surface area contributed by atoms with Gasteiger partial charge in [0.25, 0.3) is 5.91 Å². The molecule has 156 valence electrons. The molecule has 4 rings (SSSR count). The summed E-state index contributed by atoms with van der Waals surface area (Å²) in [4.78, 5) is 43.3. The van der Waals surface area contributed by atoms with Crippen LogP contribution in [-0.2, 0) is 16.1 Å². The van der Waals surface area contributed by atoms with Gasteiger partial charge in [-0.15, -0.1) is 0 Å². The molecule has 2 heterocycles. The minimum absolute atomic E-state index is 0.00779. The number of carbonyl (C=O) groups excluding carboxylic acids is 3. The number of benzene rings is 1. The molecule has 3 aliphatic rings. The van der Waals surface area contributed by atoms with Crippen LogP contribution >= 0.6 is 0 Å². The predicted octanol–water partition coefficient (Wildman–Crippen LogP) is 0.540. The second-order valence-corrected chi connectivity index (χ2v) is 8.47. The van der Waals surface area contributed by atoms with E-state index in [1.165, 1.54) is 11.9 Å². The first-order chi connectivity index (χ1) is 13.8. The number of nitrogens with zero attached hydrogens (tertiary/aromatic N) is 3. The molecule has 0 radical (unpaired) electrons. The van der Waals surface area contributed by atoms with E-state index in [-0.39, 0.29) is 29.8 Å². The van der Waals surface area contributed by atoms with Gasteiger partial charge in [-0.1, -0.05) is 30.3 Å². The number of likely N-dealkylation sites (tertiary alicyclic amines) is 1. The fourth-order valence-corrected chi connectivity index (χ4v) is 4.95. The van der Waals surface area contributed by atoms with Crippen molar-refractivity contribution in [3.8, 4) is 0 Å². The van der Waals surface area contributed by atoms with Crippen LogP contribution in [0.25, 0.3) is 0 Å². The lowest BCUT2D eigenvalue weighted by Crippen LogP contribution is -2.57. The smallest absolute Gasteiger partial charge is 0.327 e. The van der Waals surface area contributed by atoms with Crippen molar-refractivity contribution < 1.29 is 19.5 Å². The zero-order chi connectivity index (χ0) is 20.8. The normalized spacial score (nSPS) is 29.2. The number of hydrogen-bond donors (Lipinski definition) is 2. The van der Waals surface area contributed by atoms with Crippen LogP contribution in [0.1, 0.15) is 31.2 Å². The van der Waals surface area contributed by atoms with E-state index in [0.717, 1.165) is 5.56 Å². The third kappa shape index (κ3) is 3.30. The summed E-state index contributed by atoms with van der Waals surface area (Å²) < 4.78 is 0. The summed E-state index contributed by atoms with van der Waals surface area (Å²) in [6.45, 7) is 1.20. The maximum atomic E-state index is 13.0. The van der Waals surface area contributed by atoms with Gasteiger partial charge in [0, 0.05) is 38.6 Å². The minimum Gasteiger partial charge on any atom is -0.391 e. The van der Waals surface area contributed by atoms with Gasteiger partial charge in [0.2, 0.25) is 5.91 Å². The minimum atomic E-state index is -0.899. The van der Waals surface area contributed by atoms with Gasteiger partial charge in [0.05, 0.1) is 6.10 Å². The first-order valence-corrected chi connectivity index (χ1v) is 10.2. The summed E-state index contributed by atoms with van der Waals surface area (Å²) in [5.41, 5.74) is 5.93. The molecule has 1 aromatic rings. The number of aliphatic hydroxyl groups excluding tert-OH is 1. The Labute approximate surface area is 170 Å². The molecule has 2 aliphatic heterocycles. The number of likely N-dealkylation sites (N-methyl/N-ethyl adjacent to an activating group) is 1. The molecule has 1 aromatic carbocycles. The Kier molecular flexibility index (Phi) is 5.08. The standard InChI is InChI=1S/C21H28N4O4/c1-23-19(28)21(25(20(23)29)13-14-5-3-2-4-6-14)7-9-24(10-8-21)18(27)15-11-16(22)17(26)12-15/h2-6,15-17,26H,7-13,22H2,1H3/t15-,16+,17+/m0/s1. The van der Waals surface area contributed by atoms with Crippen LogP contribution in [0, 0.1) is 5.92 Å². The molecule has 0 unspecified atom stereocenters. The van der Waals surface area contributed by atoms with Crippen LogP contribution < -0.4 is 5.73 Å². The molecule has 4 amide bonds. The van der Waals surface area contributed by atoms with Crippen molar-refractivity contribution in [2.45, 2.75) is 49.9 Å². The van der Waals surface area contributed by atoms with E-state index < -0.39 is 11.6 Å². The highest BCUT2D eigenvalue weighted by atomic mass is 16.3. The Morgan fingerprint density at radius 1 is 1.17 bits per heavy atom. The van der Waals surface area contributed by atoms with Gasteiger partial charge < -0.3 is 20.6 Å². The van der Waals surface area contributed by atoms with Gasteiger partial charge in [-0.2, -0.15) is 0 Å². The average Bonchev–Trinajstić information content (AvgIpc) is 3.15. The van der Waals surface area contributed by atoms with Gasteiger partial charge in [-0.3, -0.25) is 14.5 Å². The Morgan fingerprint density at radius 2 is 1.83 bits per heavy atom. The van der Waals surface area contributed by atoms with Crippen LogP contribution in [0.15, 0.2) is 30.3 Å². The monoisotopic (exact) mass is 400 g/mol. The molecule has 3 N–H and O–H groups in total. The molecule has 2 saturated heterocycles. The molecule has 1 saturated carbocycles. The second-order valence-electron chi connectivity index (χ2n) is 8.47. The first kappa shape index (κ1) is 19.8. The lowest BCUT2D eigenvalue weighted by atomic mass is 9.85. The second kappa shape index (κ2) is 7.42. The predicted molar refractivity (Wildman–Crippen MR) is 105 cm³/mol. The Balaban J connectivity index is 1.49. The van der Waals surface area contributed by atoms with E-state index in [1.54, 1.807) is 9.80 Å². The van der Waals surface area contributed by atoms with E-state index in [1.807, 2.05) is 30.3 Å². The Bertz CT molecular complexity index is 796. The number of piperidine rings is 1. The first-order valence-electron chi connectivity index (χ1n) is 10.2. The number of urea groups is 1. The van der Waals surface area contributed by atoms with Crippen molar-refractivity contribution in [1.82, 2.24) is 14.7 Å². The van der Waals surface area contributed by atoms with Crippen LogP contribution in [0.4, 0.5) is 4.79 Å². The summed E-state index contributed by atoms with van der Waals surface area (Å²) >= 11 is 0. The summed E-state index contributed by atoms with van der Waals surface area (Å²) in [7, 11) is 1.52. The molecule has 3 atom stereocenters. The molecule has 8 heteroatoms.